The lowest BCUT2D eigenvalue weighted by molar-refractivity contribution is -0.124. The molecule has 0 radical (unpaired) electrons. The number of ketones is 1. The fourth-order valence-corrected chi connectivity index (χ4v) is 2.99. The van der Waals surface area contributed by atoms with E-state index in [0.717, 1.165) is 19.4 Å². The van der Waals surface area contributed by atoms with E-state index in [1.165, 1.54) is 0 Å². The van der Waals surface area contributed by atoms with Crippen molar-refractivity contribution >= 4 is 11.7 Å². The molecule has 2 unspecified atom stereocenters. The highest BCUT2D eigenvalue weighted by Crippen LogP contribution is 2.17. The molecular formula is C21H23NO4. The number of hydrogen-bond donors (Lipinski definition) is 1. The Hall–Kier alpha value is -2.66. The minimum Gasteiger partial charge on any atom is -0.484 e. The summed E-state index contributed by atoms with van der Waals surface area (Å²) in [6.45, 7) is 2.64. The van der Waals surface area contributed by atoms with Crippen LogP contribution in [0.15, 0.2) is 54.6 Å². The van der Waals surface area contributed by atoms with Crippen molar-refractivity contribution in [3.63, 3.8) is 0 Å². The average Bonchev–Trinajstić information content (AvgIpc) is 3.22. The third kappa shape index (κ3) is 4.70. The van der Waals surface area contributed by atoms with E-state index in [1.54, 1.807) is 36.4 Å². The first-order chi connectivity index (χ1) is 12.6. The Labute approximate surface area is 153 Å². The minimum absolute atomic E-state index is 0.0283. The van der Waals surface area contributed by atoms with Gasteiger partial charge in [-0.15, -0.1) is 0 Å². The van der Waals surface area contributed by atoms with Gasteiger partial charge in [-0.2, -0.15) is 0 Å². The molecule has 5 nitrogen and oxygen atoms in total. The average molecular weight is 353 g/mol. The maximum absolute atomic E-state index is 12.4. The van der Waals surface area contributed by atoms with Crippen molar-refractivity contribution in [2.75, 3.05) is 13.2 Å². The standard InChI is InChI=1S/C21H23NO4/c1-15(19-8-5-13-25-19)22-20(23)14-26-18-11-9-17(10-12-18)21(24)16-6-3-2-4-7-16/h2-4,6-7,9-12,15,19H,5,8,13-14H2,1H3,(H,22,23). The number of nitrogens with one attached hydrogen (secondary N) is 1. The van der Waals surface area contributed by atoms with Crippen LogP contribution in [-0.2, 0) is 9.53 Å². The predicted octanol–water partition coefficient (Wildman–Crippen LogP) is 2.98. The van der Waals surface area contributed by atoms with Gasteiger partial charge in [-0.1, -0.05) is 30.3 Å². The van der Waals surface area contributed by atoms with Gasteiger partial charge in [0.25, 0.3) is 5.91 Å². The molecule has 2 aromatic carbocycles. The summed E-state index contributed by atoms with van der Waals surface area (Å²) in [4.78, 5) is 24.4. The second-order valence-corrected chi connectivity index (χ2v) is 6.42. The molecule has 1 heterocycles. The van der Waals surface area contributed by atoms with Crippen molar-refractivity contribution in [3.8, 4) is 5.75 Å². The molecule has 2 aromatic rings. The second-order valence-electron chi connectivity index (χ2n) is 6.42. The molecule has 5 heteroatoms. The first-order valence-corrected chi connectivity index (χ1v) is 8.87. The van der Waals surface area contributed by atoms with Crippen molar-refractivity contribution < 1.29 is 19.1 Å². The number of amides is 1. The molecule has 1 amide bonds. The van der Waals surface area contributed by atoms with Crippen LogP contribution >= 0.6 is 0 Å². The van der Waals surface area contributed by atoms with Crippen LogP contribution in [-0.4, -0.2) is 37.0 Å². The summed E-state index contributed by atoms with van der Waals surface area (Å²) in [7, 11) is 0. The van der Waals surface area contributed by atoms with Crippen molar-refractivity contribution in [1.29, 1.82) is 0 Å². The summed E-state index contributed by atoms with van der Waals surface area (Å²) in [6.07, 6.45) is 2.09. The summed E-state index contributed by atoms with van der Waals surface area (Å²) in [6, 6.07) is 15.9. The number of rotatable bonds is 7. The second kappa shape index (κ2) is 8.63. The quantitative estimate of drug-likeness (QED) is 0.777. The summed E-state index contributed by atoms with van der Waals surface area (Å²) < 4.78 is 11.1. The molecule has 1 saturated heterocycles. The third-order valence-electron chi connectivity index (χ3n) is 4.43. The number of carbonyl (C=O) groups is 2. The monoisotopic (exact) mass is 353 g/mol. The maximum Gasteiger partial charge on any atom is 0.258 e. The molecule has 0 aliphatic carbocycles. The minimum atomic E-state index is -0.183. The fourth-order valence-electron chi connectivity index (χ4n) is 2.99. The first-order valence-electron chi connectivity index (χ1n) is 8.87. The Bertz CT molecular complexity index is 736. The zero-order valence-corrected chi connectivity index (χ0v) is 14.8. The Morgan fingerprint density at radius 2 is 1.81 bits per heavy atom. The van der Waals surface area contributed by atoms with Gasteiger partial charge in [0.05, 0.1) is 12.1 Å². The first kappa shape index (κ1) is 18.1. The van der Waals surface area contributed by atoms with Crippen molar-refractivity contribution in [3.05, 3.63) is 65.7 Å². The smallest absolute Gasteiger partial charge is 0.258 e. The lowest BCUT2D eigenvalue weighted by Gasteiger charge is -2.20. The highest BCUT2D eigenvalue weighted by Gasteiger charge is 2.23. The van der Waals surface area contributed by atoms with Gasteiger partial charge in [-0.3, -0.25) is 9.59 Å². The van der Waals surface area contributed by atoms with Crippen molar-refractivity contribution in [2.45, 2.75) is 31.9 Å². The zero-order chi connectivity index (χ0) is 18.4. The highest BCUT2D eigenvalue weighted by atomic mass is 16.5. The topological polar surface area (TPSA) is 64.6 Å². The molecule has 2 atom stereocenters. The largest absolute Gasteiger partial charge is 0.484 e. The lowest BCUT2D eigenvalue weighted by Crippen LogP contribution is -2.42. The van der Waals surface area contributed by atoms with Crippen LogP contribution in [0.2, 0.25) is 0 Å². The van der Waals surface area contributed by atoms with Crippen LogP contribution in [0.5, 0.6) is 5.75 Å². The summed E-state index contributed by atoms with van der Waals surface area (Å²) >= 11 is 0. The molecule has 0 saturated carbocycles. The van der Waals surface area contributed by atoms with Crippen molar-refractivity contribution in [2.24, 2.45) is 0 Å². The third-order valence-corrected chi connectivity index (χ3v) is 4.43. The molecule has 3 rings (SSSR count). The van der Waals surface area contributed by atoms with Gasteiger partial charge in [0, 0.05) is 17.7 Å². The van der Waals surface area contributed by atoms with Crippen LogP contribution in [0.25, 0.3) is 0 Å². The van der Waals surface area contributed by atoms with Gasteiger partial charge in [-0.05, 0) is 44.0 Å². The molecule has 26 heavy (non-hydrogen) atoms. The van der Waals surface area contributed by atoms with Gasteiger partial charge in [0.15, 0.2) is 12.4 Å². The maximum atomic E-state index is 12.4. The van der Waals surface area contributed by atoms with Crippen molar-refractivity contribution in [1.82, 2.24) is 5.32 Å². The predicted molar refractivity (Wildman–Crippen MR) is 98.4 cm³/mol. The highest BCUT2D eigenvalue weighted by molar-refractivity contribution is 6.08. The molecule has 1 aliphatic rings. The van der Waals surface area contributed by atoms with E-state index in [4.69, 9.17) is 9.47 Å². The van der Waals surface area contributed by atoms with Crippen LogP contribution in [0, 0.1) is 0 Å². The van der Waals surface area contributed by atoms with E-state index < -0.39 is 0 Å². The van der Waals surface area contributed by atoms with E-state index in [1.807, 2.05) is 25.1 Å². The number of benzene rings is 2. The Balaban J connectivity index is 1.49. The SMILES string of the molecule is CC(NC(=O)COc1ccc(C(=O)c2ccccc2)cc1)C1CCCO1. The lowest BCUT2D eigenvalue weighted by atomic mass is 10.0. The zero-order valence-electron chi connectivity index (χ0n) is 14.8. The van der Waals surface area contributed by atoms with E-state index in [-0.39, 0.29) is 30.4 Å². The molecule has 1 fully saturated rings. The number of hydrogen-bond acceptors (Lipinski definition) is 4. The van der Waals surface area contributed by atoms with Crippen LogP contribution in [0.1, 0.15) is 35.7 Å². The Morgan fingerprint density at radius 1 is 1.12 bits per heavy atom. The van der Waals surface area contributed by atoms with Gasteiger partial charge >= 0.3 is 0 Å². The molecule has 0 spiro atoms. The number of carbonyl (C=O) groups excluding carboxylic acids is 2. The van der Waals surface area contributed by atoms with E-state index in [2.05, 4.69) is 5.32 Å². The van der Waals surface area contributed by atoms with E-state index in [0.29, 0.717) is 16.9 Å². The molecule has 0 aromatic heterocycles. The fraction of sp³-hybridized carbons (Fsp3) is 0.333. The van der Waals surface area contributed by atoms with Gasteiger partial charge in [-0.25, -0.2) is 0 Å². The molecular weight excluding hydrogens is 330 g/mol. The molecule has 1 N–H and O–H groups in total. The van der Waals surface area contributed by atoms with Crippen LogP contribution in [0.3, 0.4) is 0 Å². The van der Waals surface area contributed by atoms with E-state index in [9.17, 15) is 9.59 Å². The molecule has 136 valence electrons. The molecule has 1 aliphatic heterocycles. The molecule has 0 bridgehead atoms. The summed E-state index contributed by atoms with van der Waals surface area (Å²) in [5, 5.41) is 2.90. The van der Waals surface area contributed by atoms with Crippen LogP contribution < -0.4 is 10.1 Å². The number of ether oxygens (including phenoxy) is 2. The van der Waals surface area contributed by atoms with Crippen LogP contribution in [0.4, 0.5) is 0 Å². The van der Waals surface area contributed by atoms with Gasteiger partial charge in [0.1, 0.15) is 5.75 Å². The summed E-state index contributed by atoms with van der Waals surface area (Å²) in [5.41, 5.74) is 1.23. The van der Waals surface area contributed by atoms with Gasteiger partial charge in [0.2, 0.25) is 0 Å². The summed E-state index contributed by atoms with van der Waals surface area (Å²) in [5.74, 6) is 0.326. The Morgan fingerprint density at radius 3 is 2.46 bits per heavy atom. The van der Waals surface area contributed by atoms with E-state index >= 15 is 0 Å². The Kier molecular flexibility index (Phi) is 6.02. The normalized spacial score (nSPS) is 17.5. The van der Waals surface area contributed by atoms with Gasteiger partial charge < -0.3 is 14.8 Å².